The number of carbonyl (C=O) groups is 2. The second-order valence-electron chi connectivity index (χ2n) is 7.04. The van der Waals surface area contributed by atoms with E-state index in [1.54, 1.807) is 12.1 Å². The second kappa shape index (κ2) is 13.5. The van der Waals surface area contributed by atoms with Gasteiger partial charge in [0.2, 0.25) is 0 Å². The highest BCUT2D eigenvalue weighted by molar-refractivity contribution is 5.91. The van der Waals surface area contributed by atoms with Gasteiger partial charge in [0.05, 0.1) is 13.2 Å². The maximum Gasteiger partial charge on any atom is 0.356 e. The molecule has 5 heteroatoms. The van der Waals surface area contributed by atoms with Crippen molar-refractivity contribution in [1.82, 2.24) is 4.98 Å². The van der Waals surface area contributed by atoms with Crippen LogP contribution in [0.15, 0.2) is 48.5 Å². The van der Waals surface area contributed by atoms with Crippen LogP contribution in [0.25, 0.3) is 0 Å². The minimum absolute atomic E-state index is 0.114. The van der Waals surface area contributed by atoms with Gasteiger partial charge < -0.3 is 9.47 Å². The fourth-order valence-electron chi connectivity index (χ4n) is 2.94. The number of unbranched alkanes of at least 4 members (excludes halogenated alkanes) is 6. The summed E-state index contributed by atoms with van der Waals surface area (Å²) in [6, 6.07) is 14.5. The largest absolute Gasteiger partial charge is 0.461 e. The Kier molecular flexibility index (Phi) is 10.5. The summed E-state index contributed by atoms with van der Waals surface area (Å²) in [5, 5.41) is 0. The van der Waals surface area contributed by atoms with Gasteiger partial charge in [-0.25, -0.2) is 14.6 Å². The molecule has 0 aliphatic carbocycles. The topological polar surface area (TPSA) is 65.5 Å². The normalized spacial score (nSPS) is 10.5. The molecule has 1 aromatic carbocycles. The monoisotopic (exact) mass is 397 g/mol. The second-order valence-corrected chi connectivity index (χ2v) is 7.04. The number of hydrogen-bond acceptors (Lipinski definition) is 5. The van der Waals surface area contributed by atoms with Crippen molar-refractivity contribution in [3.63, 3.8) is 0 Å². The van der Waals surface area contributed by atoms with E-state index in [0.717, 1.165) is 18.4 Å². The zero-order chi connectivity index (χ0) is 20.7. The van der Waals surface area contributed by atoms with Gasteiger partial charge >= 0.3 is 11.9 Å². The zero-order valence-corrected chi connectivity index (χ0v) is 17.3. The summed E-state index contributed by atoms with van der Waals surface area (Å²) in [7, 11) is 0. The van der Waals surface area contributed by atoms with Crippen molar-refractivity contribution in [3.05, 3.63) is 65.5 Å². The van der Waals surface area contributed by atoms with Crippen LogP contribution >= 0.6 is 0 Å². The summed E-state index contributed by atoms with van der Waals surface area (Å²) in [6.45, 7) is 2.84. The molecule has 0 aliphatic heterocycles. The first-order valence-corrected chi connectivity index (χ1v) is 10.6. The van der Waals surface area contributed by atoms with E-state index in [-0.39, 0.29) is 18.0 Å². The maximum atomic E-state index is 12.2. The molecule has 156 valence electrons. The minimum Gasteiger partial charge on any atom is -0.461 e. The van der Waals surface area contributed by atoms with E-state index in [1.165, 1.54) is 38.2 Å². The first kappa shape index (κ1) is 22.6. The van der Waals surface area contributed by atoms with Crippen LogP contribution in [0.5, 0.6) is 0 Å². The molecule has 0 aliphatic rings. The third-order valence-corrected chi connectivity index (χ3v) is 4.62. The number of carbonyl (C=O) groups excluding carboxylic acids is 2. The molecular formula is C24H31NO4. The molecule has 1 heterocycles. The molecule has 0 atom stereocenters. The minimum atomic E-state index is -0.539. The quantitative estimate of drug-likeness (QED) is 0.335. The lowest BCUT2D eigenvalue weighted by molar-refractivity contribution is 0.0486. The third-order valence-electron chi connectivity index (χ3n) is 4.62. The number of nitrogens with zero attached hydrogens (tertiary/aromatic N) is 1. The van der Waals surface area contributed by atoms with E-state index in [2.05, 4.69) is 11.9 Å². The number of benzene rings is 1. The standard InChI is InChI=1S/C24H31NO4/c1-2-3-4-5-6-7-11-18-28-23(26)21-15-12-16-22(25-21)24(27)29-19-17-20-13-9-8-10-14-20/h8-10,12-16H,2-7,11,17-19H2,1H3. The Balaban J connectivity index is 1.70. The van der Waals surface area contributed by atoms with Gasteiger partial charge in [-0.05, 0) is 24.1 Å². The van der Waals surface area contributed by atoms with Gasteiger partial charge in [-0.15, -0.1) is 0 Å². The molecule has 2 aromatic rings. The molecule has 0 bridgehead atoms. The Bertz CT molecular complexity index is 746. The van der Waals surface area contributed by atoms with Gasteiger partial charge in [-0.2, -0.15) is 0 Å². The Labute approximate surface area is 173 Å². The molecule has 2 rings (SSSR count). The molecule has 5 nitrogen and oxygen atoms in total. The number of esters is 2. The molecule has 0 N–H and O–H groups in total. The van der Waals surface area contributed by atoms with E-state index in [9.17, 15) is 9.59 Å². The van der Waals surface area contributed by atoms with Gasteiger partial charge in [0.1, 0.15) is 11.4 Å². The lowest BCUT2D eigenvalue weighted by Gasteiger charge is -2.07. The van der Waals surface area contributed by atoms with E-state index in [4.69, 9.17) is 9.47 Å². The first-order chi connectivity index (χ1) is 14.2. The summed E-state index contributed by atoms with van der Waals surface area (Å²) < 4.78 is 10.5. The van der Waals surface area contributed by atoms with Crippen LogP contribution in [0.1, 0.15) is 78.4 Å². The average molecular weight is 398 g/mol. The van der Waals surface area contributed by atoms with E-state index < -0.39 is 11.9 Å². The Morgan fingerprint density at radius 3 is 1.97 bits per heavy atom. The molecule has 0 spiro atoms. The van der Waals surface area contributed by atoms with Crippen molar-refractivity contribution in [1.29, 1.82) is 0 Å². The average Bonchev–Trinajstić information content (AvgIpc) is 2.76. The lowest BCUT2D eigenvalue weighted by atomic mass is 10.1. The van der Waals surface area contributed by atoms with Gasteiger partial charge in [-0.3, -0.25) is 0 Å². The Morgan fingerprint density at radius 2 is 1.31 bits per heavy atom. The van der Waals surface area contributed by atoms with E-state index in [1.807, 2.05) is 30.3 Å². The zero-order valence-electron chi connectivity index (χ0n) is 17.3. The molecule has 0 saturated carbocycles. The highest BCUT2D eigenvalue weighted by Crippen LogP contribution is 2.08. The van der Waals surface area contributed by atoms with Crippen molar-refractivity contribution >= 4 is 11.9 Å². The summed E-state index contributed by atoms with van der Waals surface area (Å²) in [6.07, 6.45) is 8.73. The molecule has 0 unspecified atom stereocenters. The molecule has 0 amide bonds. The molecule has 29 heavy (non-hydrogen) atoms. The van der Waals surface area contributed by atoms with Crippen molar-refractivity contribution in [3.8, 4) is 0 Å². The van der Waals surface area contributed by atoms with Gasteiger partial charge in [0.25, 0.3) is 0 Å². The number of hydrogen-bond donors (Lipinski definition) is 0. The Morgan fingerprint density at radius 1 is 0.724 bits per heavy atom. The number of pyridine rings is 1. The number of rotatable bonds is 13. The SMILES string of the molecule is CCCCCCCCCOC(=O)c1cccc(C(=O)OCCc2ccccc2)n1. The number of ether oxygens (including phenoxy) is 2. The third kappa shape index (κ3) is 8.90. The Hall–Kier alpha value is -2.69. The van der Waals surface area contributed by atoms with Crippen molar-refractivity contribution in [2.24, 2.45) is 0 Å². The fraction of sp³-hybridized carbons (Fsp3) is 0.458. The van der Waals surface area contributed by atoms with Crippen molar-refractivity contribution in [2.75, 3.05) is 13.2 Å². The van der Waals surface area contributed by atoms with Crippen LogP contribution in [0.3, 0.4) is 0 Å². The smallest absolute Gasteiger partial charge is 0.356 e. The van der Waals surface area contributed by atoms with Crippen LogP contribution in [0.4, 0.5) is 0 Å². The predicted molar refractivity (Wildman–Crippen MR) is 113 cm³/mol. The van der Waals surface area contributed by atoms with Gasteiger partial charge in [0.15, 0.2) is 0 Å². The molecule has 1 aromatic heterocycles. The van der Waals surface area contributed by atoms with Gasteiger partial charge in [-0.1, -0.05) is 81.8 Å². The van der Waals surface area contributed by atoms with Crippen molar-refractivity contribution in [2.45, 2.75) is 58.3 Å². The predicted octanol–water partition coefficient (Wildman–Crippen LogP) is 5.39. The van der Waals surface area contributed by atoms with Crippen LogP contribution in [0.2, 0.25) is 0 Å². The lowest BCUT2D eigenvalue weighted by Crippen LogP contribution is -2.14. The summed E-state index contributed by atoms with van der Waals surface area (Å²) >= 11 is 0. The number of aromatic nitrogens is 1. The van der Waals surface area contributed by atoms with Gasteiger partial charge in [0, 0.05) is 6.42 Å². The highest BCUT2D eigenvalue weighted by Gasteiger charge is 2.14. The molecular weight excluding hydrogens is 366 g/mol. The van der Waals surface area contributed by atoms with Crippen molar-refractivity contribution < 1.29 is 19.1 Å². The molecule has 0 saturated heterocycles. The van der Waals surface area contributed by atoms with Crippen LogP contribution in [0, 0.1) is 0 Å². The summed E-state index contributed by atoms with van der Waals surface area (Å²) in [4.78, 5) is 28.4. The van der Waals surface area contributed by atoms with Crippen LogP contribution < -0.4 is 0 Å². The molecule has 0 radical (unpaired) electrons. The summed E-state index contributed by atoms with van der Waals surface area (Å²) in [5.74, 6) is -1.04. The van der Waals surface area contributed by atoms with E-state index >= 15 is 0 Å². The fourth-order valence-corrected chi connectivity index (χ4v) is 2.94. The molecule has 0 fully saturated rings. The maximum absolute atomic E-state index is 12.2. The van der Waals surface area contributed by atoms with E-state index in [0.29, 0.717) is 13.0 Å². The highest BCUT2D eigenvalue weighted by atomic mass is 16.5. The summed E-state index contributed by atoms with van der Waals surface area (Å²) in [5.41, 5.74) is 1.34. The van der Waals surface area contributed by atoms with Crippen LogP contribution in [-0.4, -0.2) is 30.1 Å². The first-order valence-electron chi connectivity index (χ1n) is 10.6. The van der Waals surface area contributed by atoms with Crippen LogP contribution in [-0.2, 0) is 15.9 Å².